The predicted octanol–water partition coefficient (Wildman–Crippen LogP) is 1.38. The molecule has 4 nitrogen and oxygen atoms in total. The lowest BCUT2D eigenvalue weighted by atomic mass is 10.2. The summed E-state index contributed by atoms with van der Waals surface area (Å²) in [6, 6.07) is 1.73. The van der Waals surface area contributed by atoms with Crippen molar-refractivity contribution >= 4 is 17.2 Å². The van der Waals surface area contributed by atoms with Crippen molar-refractivity contribution in [2.75, 3.05) is 7.11 Å². The van der Waals surface area contributed by atoms with Crippen LogP contribution in [0.25, 0.3) is 10.9 Å². The maximum Gasteiger partial charge on any atom is 0.213 e. The Morgan fingerprint density at radius 2 is 2.46 bits per heavy atom. The van der Waals surface area contributed by atoms with Gasteiger partial charge in [0.05, 0.1) is 18.8 Å². The van der Waals surface area contributed by atoms with E-state index in [2.05, 4.69) is 9.97 Å². The second-order valence-corrected chi connectivity index (χ2v) is 2.63. The van der Waals surface area contributed by atoms with E-state index in [9.17, 15) is 4.79 Å². The molecule has 0 amide bonds. The van der Waals surface area contributed by atoms with Crippen LogP contribution in [-0.2, 0) is 0 Å². The maximum absolute atomic E-state index is 10.6. The van der Waals surface area contributed by atoms with E-state index in [4.69, 9.17) is 4.74 Å². The number of nitrogens with one attached hydrogen (secondary N) is 1. The molecule has 0 unspecified atom stereocenters. The highest BCUT2D eigenvalue weighted by atomic mass is 16.5. The van der Waals surface area contributed by atoms with Gasteiger partial charge in [-0.25, -0.2) is 4.98 Å². The molecule has 2 aromatic rings. The van der Waals surface area contributed by atoms with Crippen molar-refractivity contribution in [1.82, 2.24) is 9.97 Å². The van der Waals surface area contributed by atoms with Crippen molar-refractivity contribution in [3.63, 3.8) is 0 Å². The van der Waals surface area contributed by atoms with Crippen molar-refractivity contribution < 1.29 is 9.53 Å². The van der Waals surface area contributed by atoms with Crippen molar-refractivity contribution in [1.29, 1.82) is 0 Å². The van der Waals surface area contributed by atoms with Gasteiger partial charge in [0.25, 0.3) is 0 Å². The van der Waals surface area contributed by atoms with Crippen molar-refractivity contribution in [2.45, 2.75) is 0 Å². The van der Waals surface area contributed by atoms with Crippen LogP contribution in [-0.4, -0.2) is 23.4 Å². The predicted molar refractivity (Wildman–Crippen MR) is 48.0 cm³/mol. The van der Waals surface area contributed by atoms with Crippen molar-refractivity contribution in [3.8, 4) is 5.88 Å². The first kappa shape index (κ1) is 7.79. The third-order valence-electron chi connectivity index (χ3n) is 1.91. The van der Waals surface area contributed by atoms with E-state index >= 15 is 0 Å². The lowest BCUT2D eigenvalue weighted by Crippen LogP contribution is -1.86. The quantitative estimate of drug-likeness (QED) is 0.703. The van der Waals surface area contributed by atoms with E-state index in [-0.39, 0.29) is 0 Å². The molecule has 0 aliphatic rings. The van der Waals surface area contributed by atoms with Gasteiger partial charge in [-0.15, -0.1) is 0 Å². The van der Waals surface area contributed by atoms with Crippen LogP contribution in [0.5, 0.6) is 5.88 Å². The van der Waals surface area contributed by atoms with Crippen LogP contribution in [0.2, 0.25) is 0 Å². The lowest BCUT2D eigenvalue weighted by Gasteiger charge is -1.97. The molecule has 0 saturated carbocycles. The minimum atomic E-state index is 0.509. The Bertz CT molecular complexity index is 448. The molecule has 2 heterocycles. The molecule has 1 N–H and O–H groups in total. The second-order valence-electron chi connectivity index (χ2n) is 2.63. The molecule has 0 aromatic carbocycles. The summed E-state index contributed by atoms with van der Waals surface area (Å²) < 4.78 is 4.95. The highest BCUT2D eigenvalue weighted by Gasteiger charge is 2.03. The molecule has 0 bridgehead atoms. The number of pyridine rings is 1. The van der Waals surface area contributed by atoms with Gasteiger partial charge in [-0.1, -0.05) is 0 Å². The number of H-pyrrole nitrogens is 1. The number of methoxy groups -OCH3 is 1. The third-order valence-corrected chi connectivity index (χ3v) is 1.91. The number of hydrogen-bond acceptors (Lipinski definition) is 3. The Morgan fingerprint density at radius 1 is 1.62 bits per heavy atom. The number of fused-ring (bicyclic) bond motifs is 1. The lowest BCUT2D eigenvalue weighted by molar-refractivity contribution is 0.112. The largest absolute Gasteiger partial charge is 0.481 e. The molecule has 2 rings (SSSR count). The van der Waals surface area contributed by atoms with Gasteiger partial charge in [0.1, 0.15) is 0 Å². The number of carbonyl (C=O) groups excluding carboxylic acids is 1. The van der Waals surface area contributed by atoms with Crippen LogP contribution in [0.4, 0.5) is 0 Å². The monoisotopic (exact) mass is 176 g/mol. The fourth-order valence-corrected chi connectivity index (χ4v) is 1.23. The summed E-state index contributed by atoms with van der Waals surface area (Å²) in [6.07, 6.45) is 4.10. The number of carbonyl (C=O) groups is 1. The average molecular weight is 176 g/mol. The van der Waals surface area contributed by atoms with Gasteiger partial charge in [-0.2, -0.15) is 0 Å². The highest BCUT2D eigenvalue weighted by molar-refractivity contribution is 5.97. The van der Waals surface area contributed by atoms with Gasteiger partial charge in [-0.3, -0.25) is 4.79 Å². The van der Waals surface area contributed by atoms with Crippen LogP contribution in [0.15, 0.2) is 18.5 Å². The number of aldehydes is 1. The molecule has 0 radical (unpaired) electrons. The molecular weight excluding hydrogens is 168 g/mol. The van der Waals surface area contributed by atoms with Gasteiger partial charge in [0.15, 0.2) is 6.29 Å². The van der Waals surface area contributed by atoms with E-state index in [0.29, 0.717) is 11.4 Å². The molecule has 0 saturated heterocycles. The van der Waals surface area contributed by atoms with E-state index in [0.717, 1.165) is 17.2 Å². The molecule has 0 fully saturated rings. The second kappa shape index (κ2) is 2.90. The number of nitrogens with zero attached hydrogens (tertiary/aromatic N) is 1. The maximum atomic E-state index is 10.6. The molecule has 2 aromatic heterocycles. The van der Waals surface area contributed by atoms with E-state index < -0.39 is 0 Å². The summed E-state index contributed by atoms with van der Waals surface area (Å²) in [5.41, 5.74) is 1.46. The summed E-state index contributed by atoms with van der Waals surface area (Å²) in [6.45, 7) is 0. The smallest absolute Gasteiger partial charge is 0.213 e. The van der Waals surface area contributed by atoms with Crippen LogP contribution in [0.3, 0.4) is 0 Å². The number of hydrogen-bond donors (Lipinski definition) is 1. The fraction of sp³-hybridized carbons (Fsp3) is 0.111. The minimum absolute atomic E-state index is 0.509. The fourth-order valence-electron chi connectivity index (χ4n) is 1.23. The van der Waals surface area contributed by atoms with E-state index in [1.807, 2.05) is 0 Å². The first-order chi connectivity index (χ1) is 6.35. The van der Waals surface area contributed by atoms with E-state index in [1.54, 1.807) is 25.6 Å². The molecule has 4 heteroatoms. The third kappa shape index (κ3) is 1.16. The summed E-state index contributed by atoms with van der Waals surface area (Å²) in [7, 11) is 1.54. The normalized spacial score (nSPS) is 10.2. The summed E-state index contributed by atoms with van der Waals surface area (Å²) in [5, 5.41) is 0.835. The Morgan fingerprint density at radius 3 is 3.15 bits per heavy atom. The van der Waals surface area contributed by atoms with Gasteiger partial charge in [-0.05, 0) is 0 Å². The zero-order valence-corrected chi connectivity index (χ0v) is 7.07. The van der Waals surface area contributed by atoms with Gasteiger partial charge in [0.2, 0.25) is 5.88 Å². The zero-order chi connectivity index (χ0) is 9.26. The Hall–Kier alpha value is -1.84. The molecule has 0 spiro atoms. The first-order valence-corrected chi connectivity index (χ1v) is 3.81. The highest BCUT2D eigenvalue weighted by Crippen LogP contribution is 2.19. The van der Waals surface area contributed by atoms with Crippen LogP contribution >= 0.6 is 0 Å². The van der Waals surface area contributed by atoms with Gasteiger partial charge >= 0.3 is 0 Å². The Kier molecular flexibility index (Phi) is 1.73. The molecule has 13 heavy (non-hydrogen) atoms. The topological polar surface area (TPSA) is 55.0 Å². The summed E-state index contributed by atoms with van der Waals surface area (Å²) >= 11 is 0. The Labute approximate surface area is 74.5 Å². The number of rotatable bonds is 2. The molecule has 66 valence electrons. The van der Waals surface area contributed by atoms with Gasteiger partial charge < -0.3 is 9.72 Å². The zero-order valence-electron chi connectivity index (χ0n) is 7.07. The number of ether oxygens (including phenoxy) is 1. The molecule has 0 aliphatic heterocycles. The minimum Gasteiger partial charge on any atom is -0.481 e. The molecule has 0 aliphatic carbocycles. The summed E-state index contributed by atoms with van der Waals surface area (Å²) in [5.74, 6) is 0.509. The van der Waals surface area contributed by atoms with E-state index in [1.165, 1.54) is 0 Å². The SMILES string of the molecule is COc1cc2c(C=O)c[nH]c2cn1. The number of aromatic nitrogens is 2. The molecular formula is C9H8N2O2. The van der Waals surface area contributed by atoms with Crippen LogP contribution in [0.1, 0.15) is 10.4 Å². The van der Waals surface area contributed by atoms with Crippen LogP contribution < -0.4 is 4.74 Å². The molecule has 0 atom stereocenters. The number of aromatic amines is 1. The standard InChI is InChI=1S/C9H8N2O2/c1-13-9-2-7-6(5-12)3-10-8(7)4-11-9/h2-5,10H,1H3. The van der Waals surface area contributed by atoms with Gasteiger partial charge in [0, 0.05) is 23.2 Å². The average Bonchev–Trinajstić information content (AvgIpc) is 2.59. The van der Waals surface area contributed by atoms with Crippen molar-refractivity contribution in [2.24, 2.45) is 0 Å². The van der Waals surface area contributed by atoms with Crippen molar-refractivity contribution in [3.05, 3.63) is 24.0 Å². The Balaban J connectivity index is 2.71. The van der Waals surface area contributed by atoms with Crippen LogP contribution in [0, 0.1) is 0 Å². The first-order valence-electron chi connectivity index (χ1n) is 3.81. The summed E-state index contributed by atoms with van der Waals surface area (Å²) in [4.78, 5) is 17.5.